The van der Waals surface area contributed by atoms with Gasteiger partial charge in [0.25, 0.3) is 0 Å². The van der Waals surface area contributed by atoms with E-state index in [2.05, 4.69) is 104 Å². The molecule has 0 N–H and O–H groups in total. The smallest absolute Gasteiger partial charge is 0.0782 e. The Bertz CT molecular complexity index is 1060. The van der Waals surface area contributed by atoms with Crippen LogP contribution in [0.15, 0.2) is 65.9 Å². The molecule has 4 rings (SSSR count). The maximum absolute atomic E-state index is 3.65. The summed E-state index contributed by atoms with van der Waals surface area (Å²) in [6, 6.07) is 17.8. The largest absolute Gasteiger partial charge is 0.340 e. The number of hydrogen-bond donors (Lipinski definition) is 0. The van der Waals surface area contributed by atoms with Gasteiger partial charge in [-0.05, 0) is 74.2 Å². The van der Waals surface area contributed by atoms with Crippen molar-refractivity contribution in [3.05, 3.63) is 67.2 Å². The molecule has 0 radical (unpaired) electrons. The Kier molecular flexibility index (Phi) is 8.38. The van der Waals surface area contributed by atoms with Crippen LogP contribution in [0.5, 0.6) is 0 Å². The third-order valence-electron chi connectivity index (χ3n) is 5.52. The van der Waals surface area contributed by atoms with Crippen molar-refractivity contribution in [2.75, 3.05) is 11.4 Å². The molecule has 0 saturated heterocycles. The van der Waals surface area contributed by atoms with Crippen molar-refractivity contribution >= 4 is 78.5 Å². The minimum atomic E-state index is 1.09. The molecule has 1 aliphatic heterocycles. The highest BCUT2D eigenvalue weighted by molar-refractivity contribution is 9.12. The molecule has 2 aromatic carbocycles. The fourth-order valence-corrected chi connectivity index (χ4v) is 7.80. The summed E-state index contributed by atoms with van der Waals surface area (Å²) in [4.78, 5) is 5.23. The number of unbranched alkanes of at least 4 members (excludes halogenated alkanes) is 5. The van der Waals surface area contributed by atoms with Crippen LogP contribution in [0, 0.1) is 0 Å². The average Bonchev–Trinajstić information content (AvgIpc) is 3.10. The Balaban J connectivity index is 1.53. The van der Waals surface area contributed by atoms with Gasteiger partial charge in [-0.3, -0.25) is 0 Å². The zero-order valence-electron chi connectivity index (χ0n) is 17.7. The van der Waals surface area contributed by atoms with E-state index < -0.39 is 0 Å². The Morgan fingerprint density at radius 2 is 1.61 bits per heavy atom. The van der Waals surface area contributed by atoms with Gasteiger partial charge in [0.1, 0.15) is 0 Å². The van der Waals surface area contributed by atoms with Crippen molar-refractivity contribution in [3.63, 3.8) is 0 Å². The van der Waals surface area contributed by atoms with Crippen LogP contribution in [0.25, 0.3) is 12.2 Å². The van der Waals surface area contributed by atoms with E-state index in [4.69, 9.17) is 0 Å². The first-order valence-electron chi connectivity index (χ1n) is 11.0. The second-order valence-corrected chi connectivity index (χ2v) is 12.7. The van der Waals surface area contributed by atoms with E-state index in [1.807, 2.05) is 11.8 Å². The molecular formula is C26H27Br2NS2. The van der Waals surface area contributed by atoms with Crippen LogP contribution in [-0.2, 0) is 0 Å². The predicted molar refractivity (Wildman–Crippen MR) is 146 cm³/mol. The fraction of sp³-hybridized carbons (Fsp3) is 0.308. The van der Waals surface area contributed by atoms with Gasteiger partial charge in [-0.25, -0.2) is 0 Å². The summed E-state index contributed by atoms with van der Waals surface area (Å²) in [5, 5.41) is 0. The lowest BCUT2D eigenvalue weighted by Gasteiger charge is -2.33. The van der Waals surface area contributed by atoms with Crippen LogP contribution in [0.1, 0.15) is 56.6 Å². The lowest BCUT2D eigenvalue weighted by molar-refractivity contribution is 0.608. The molecule has 2 heterocycles. The zero-order valence-corrected chi connectivity index (χ0v) is 22.5. The van der Waals surface area contributed by atoms with E-state index in [9.17, 15) is 0 Å². The third kappa shape index (κ3) is 5.87. The van der Waals surface area contributed by atoms with Crippen LogP contribution in [0.4, 0.5) is 11.4 Å². The molecule has 1 nitrogen and oxygen atoms in total. The molecule has 0 atom stereocenters. The molecule has 162 valence electrons. The van der Waals surface area contributed by atoms with Gasteiger partial charge in [-0.1, -0.05) is 81.1 Å². The highest BCUT2D eigenvalue weighted by atomic mass is 79.9. The van der Waals surface area contributed by atoms with Gasteiger partial charge in [0.2, 0.25) is 0 Å². The molecule has 0 unspecified atom stereocenters. The number of anilines is 2. The van der Waals surface area contributed by atoms with Crippen LogP contribution < -0.4 is 4.90 Å². The summed E-state index contributed by atoms with van der Waals surface area (Å²) in [6.45, 7) is 3.36. The van der Waals surface area contributed by atoms with E-state index in [0.29, 0.717) is 0 Å². The maximum Gasteiger partial charge on any atom is 0.0782 e. The molecule has 3 aromatic rings. The summed E-state index contributed by atoms with van der Waals surface area (Å²) in [6.07, 6.45) is 12.3. The van der Waals surface area contributed by atoms with Gasteiger partial charge in [-0.2, -0.15) is 0 Å². The van der Waals surface area contributed by atoms with Crippen LogP contribution in [0.2, 0.25) is 0 Å². The van der Waals surface area contributed by atoms with Crippen molar-refractivity contribution in [2.24, 2.45) is 0 Å². The summed E-state index contributed by atoms with van der Waals surface area (Å²) in [5.74, 6) is 0. The third-order valence-corrected chi connectivity index (χ3v) is 9.02. The van der Waals surface area contributed by atoms with Gasteiger partial charge in [-0.15, -0.1) is 11.3 Å². The molecule has 0 saturated carbocycles. The summed E-state index contributed by atoms with van der Waals surface area (Å²) in [5.41, 5.74) is 5.13. The van der Waals surface area contributed by atoms with E-state index in [1.54, 1.807) is 11.3 Å². The number of fused-ring (bicyclic) bond motifs is 2. The lowest BCUT2D eigenvalue weighted by atomic mass is 10.1. The molecule has 0 amide bonds. The first-order chi connectivity index (χ1) is 15.2. The summed E-state index contributed by atoms with van der Waals surface area (Å²) >= 11 is 10.8. The number of para-hydroxylation sites is 1. The summed E-state index contributed by atoms with van der Waals surface area (Å²) in [7, 11) is 0. The van der Waals surface area contributed by atoms with Crippen molar-refractivity contribution in [1.29, 1.82) is 0 Å². The van der Waals surface area contributed by atoms with Crippen LogP contribution in [-0.4, -0.2) is 6.54 Å². The van der Waals surface area contributed by atoms with Gasteiger partial charge in [0, 0.05) is 21.9 Å². The van der Waals surface area contributed by atoms with Crippen molar-refractivity contribution in [3.8, 4) is 0 Å². The normalized spacial score (nSPS) is 12.9. The van der Waals surface area contributed by atoms with Crippen molar-refractivity contribution < 1.29 is 0 Å². The van der Waals surface area contributed by atoms with Crippen LogP contribution in [0.3, 0.4) is 0 Å². The van der Waals surface area contributed by atoms with Crippen LogP contribution >= 0.6 is 55.0 Å². The Morgan fingerprint density at radius 3 is 2.42 bits per heavy atom. The molecule has 1 aromatic heterocycles. The van der Waals surface area contributed by atoms with E-state index >= 15 is 0 Å². The molecule has 5 heteroatoms. The highest BCUT2D eigenvalue weighted by Gasteiger charge is 2.22. The maximum atomic E-state index is 3.65. The Hall–Kier alpha value is -1.01. The number of benzene rings is 2. The standard InChI is InChI=1S/C26H27Br2NS2/c1-2-3-4-5-6-9-16-29-21-10-7-8-11-23(21)30-24-17-19(13-15-22(24)29)12-14-20-18-25(27)31-26(20)28/h7-8,10-15,17-18H,2-6,9,16H2,1H3/b14-12+. The minimum absolute atomic E-state index is 1.09. The lowest BCUT2D eigenvalue weighted by Crippen LogP contribution is -2.22. The number of rotatable bonds is 9. The van der Waals surface area contributed by atoms with Gasteiger partial charge in [0.15, 0.2) is 0 Å². The molecular weight excluding hydrogens is 550 g/mol. The van der Waals surface area contributed by atoms with E-state index in [1.165, 1.54) is 70.8 Å². The molecule has 0 aliphatic carbocycles. The monoisotopic (exact) mass is 575 g/mol. The second kappa shape index (κ2) is 11.2. The molecule has 31 heavy (non-hydrogen) atoms. The Morgan fingerprint density at radius 1 is 0.839 bits per heavy atom. The molecule has 0 bridgehead atoms. The first-order valence-corrected chi connectivity index (χ1v) is 14.2. The molecule has 0 spiro atoms. The molecule has 1 aliphatic rings. The number of hydrogen-bond acceptors (Lipinski definition) is 3. The highest BCUT2D eigenvalue weighted by Crippen LogP contribution is 2.48. The van der Waals surface area contributed by atoms with Gasteiger partial charge < -0.3 is 4.90 Å². The molecule has 0 fully saturated rings. The zero-order chi connectivity index (χ0) is 21.6. The topological polar surface area (TPSA) is 3.24 Å². The number of nitrogens with zero attached hydrogens (tertiary/aromatic N) is 1. The second-order valence-electron chi connectivity index (χ2n) is 7.83. The number of thiophene rings is 1. The first kappa shape index (κ1) is 23.2. The average molecular weight is 577 g/mol. The number of halogens is 2. The van der Waals surface area contributed by atoms with E-state index in [0.717, 1.165) is 14.1 Å². The summed E-state index contributed by atoms with van der Waals surface area (Å²) < 4.78 is 2.30. The predicted octanol–water partition coefficient (Wildman–Crippen LogP) is 10.4. The van der Waals surface area contributed by atoms with Crippen molar-refractivity contribution in [1.82, 2.24) is 0 Å². The SMILES string of the molecule is CCCCCCCCN1c2ccccc2Sc2cc(/C=C/c3cc(Br)sc3Br)ccc21. The minimum Gasteiger partial charge on any atom is -0.340 e. The van der Waals surface area contributed by atoms with Gasteiger partial charge >= 0.3 is 0 Å². The van der Waals surface area contributed by atoms with Crippen molar-refractivity contribution in [2.45, 2.75) is 55.2 Å². The Labute approximate surface area is 211 Å². The quantitative estimate of drug-likeness (QED) is 0.233. The van der Waals surface area contributed by atoms with E-state index in [-0.39, 0.29) is 0 Å². The fourth-order valence-electron chi connectivity index (χ4n) is 3.90. The van der Waals surface area contributed by atoms with Gasteiger partial charge in [0.05, 0.1) is 18.9 Å².